The Balaban J connectivity index is 2.19. The predicted molar refractivity (Wildman–Crippen MR) is 61.0 cm³/mol. The molecule has 14 heavy (non-hydrogen) atoms. The molecule has 2 rings (SSSR count). The number of halogens is 1. The number of aromatic nitrogens is 1. The second-order valence-electron chi connectivity index (χ2n) is 3.01. The first kappa shape index (κ1) is 9.69. The van der Waals surface area contributed by atoms with E-state index in [2.05, 4.69) is 10.6 Å². The molecule has 1 aromatic heterocycles. The Kier molecular flexibility index (Phi) is 2.85. The van der Waals surface area contributed by atoms with Gasteiger partial charge in [-0.15, -0.1) is 0 Å². The van der Waals surface area contributed by atoms with Gasteiger partial charge in [-0.25, -0.2) is 0 Å². The molecule has 2 aromatic rings. The van der Waals surface area contributed by atoms with Gasteiger partial charge in [0.1, 0.15) is 0 Å². The third-order valence-corrected chi connectivity index (χ3v) is 3.33. The van der Waals surface area contributed by atoms with Gasteiger partial charge in [0.05, 0.1) is 5.03 Å². The van der Waals surface area contributed by atoms with Crippen LogP contribution in [0.25, 0.3) is 0 Å². The zero-order chi connectivity index (χ0) is 9.97. The average Bonchev–Trinajstić information content (AvgIpc) is 2.56. The van der Waals surface area contributed by atoms with E-state index in [0.29, 0.717) is 0 Å². The van der Waals surface area contributed by atoms with E-state index in [1.54, 1.807) is 11.8 Å². The van der Waals surface area contributed by atoms with Crippen LogP contribution in [0.5, 0.6) is 0 Å². The van der Waals surface area contributed by atoms with Crippen molar-refractivity contribution in [2.75, 3.05) is 0 Å². The molecule has 0 amide bonds. The van der Waals surface area contributed by atoms with Gasteiger partial charge in [-0.3, -0.25) is 0 Å². The van der Waals surface area contributed by atoms with Gasteiger partial charge in [-0.2, -0.15) is 0 Å². The largest absolute Gasteiger partial charge is 0.346 e. The number of benzene rings is 1. The molecular formula is C11H10ClNS. The molecule has 72 valence electrons. The van der Waals surface area contributed by atoms with Gasteiger partial charge in [0.15, 0.2) is 0 Å². The highest BCUT2D eigenvalue weighted by Crippen LogP contribution is 2.28. The van der Waals surface area contributed by atoms with E-state index in [4.69, 9.17) is 11.6 Å². The second kappa shape index (κ2) is 4.11. The SMILES string of the molecule is Cn1cccc1Sc1ccc(Cl)cc1. The fourth-order valence-electron chi connectivity index (χ4n) is 1.17. The lowest BCUT2D eigenvalue weighted by molar-refractivity contribution is 0.829. The lowest BCUT2D eigenvalue weighted by Gasteiger charge is -2.02. The van der Waals surface area contributed by atoms with Gasteiger partial charge in [0.25, 0.3) is 0 Å². The number of rotatable bonds is 2. The van der Waals surface area contributed by atoms with Crippen molar-refractivity contribution in [2.45, 2.75) is 9.92 Å². The number of nitrogens with zero attached hydrogens (tertiary/aromatic N) is 1. The predicted octanol–water partition coefficient (Wildman–Crippen LogP) is 3.83. The topological polar surface area (TPSA) is 4.93 Å². The Morgan fingerprint density at radius 3 is 2.43 bits per heavy atom. The molecular weight excluding hydrogens is 214 g/mol. The van der Waals surface area contributed by atoms with Crippen LogP contribution in [0.15, 0.2) is 52.5 Å². The molecule has 0 saturated heterocycles. The van der Waals surface area contributed by atoms with Gasteiger partial charge < -0.3 is 4.57 Å². The zero-order valence-corrected chi connectivity index (χ0v) is 9.35. The summed E-state index contributed by atoms with van der Waals surface area (Å²) in [7, 11) is 2.04. The molecule has 0 unspecified atom stereocenters. The van der Waals surface area contributed by atoms with Crippen LogP contribution in [-0.4, -0.2) is 4.57 Å². The van der Waals surface area contributed by atoms with Gasteiger partial charge in [-0.05, 0) is 36.4 Å². The summed E-state index contributed by atoms with van der Waals surface area (Å²) >= 11 is 7.54. The maximum Gasteiger partial charge on any atom is 0.0793 e. The van der Waals surface area contributed by atoms with Crippen molar-refractivity contribution in [1.29, 1.82) is 0 Å². The molecule has 0 aliphatic rings. The van der Waals surface area contributed by atoms with Gasteiger partial charge in [0.2, 0.25) is 0 Å². The number of hydrogen-bond acceptors (Lipinski definition) is 1. The van der Waals surface area contributed by atoms with Gasteiger partial charge in [-0.1, -0.05) is 23.4 Å². The lowest BCUT2D eigenvalue weighted by Crippen LogP contribution is -1.85. The van der Waals surface area contributed by atoms with Gasteiger partial charge in [0, 0.05) is 23.2 Å². The van der Waals surface area contributed by atoms with Crippen molar-refractivity contribution >= 4 is 23.4 Å². The molecule has 0 fully saturated rings. The summed E-state index contributed by atoms with van der Waals surface area (Å²) in [6, 6.07) is 12.0. The van der Waals surface area contributed by atoms with Crippen molar-refractivity contribution in [2.24, 2.45) is 7.05 Å². The highest BCUT2D eigenvalue weighted by molar-refractivity contribution is 7.99. The first-order valence-electron chi connectivity index (χ1n) is 4.30. The molecule has 0 atom stereocenters. The maximum absolute atomic E-state index is 5.81. The van der Waals surface area contributed by atoms with Crippen LogP contribution < -0.4 is 0 Å². The number of aryl methyl sites for hydroxylation is 1. The monoisotopic (exact) mass is 223 g/mol. The fourth-order valence-corrected chi connectivity index (χ4v) is 2.17. The van der Waals surface area contributed by atoms with Crippen molar-refractivity contribution < 1.29 is 0 Å². The lowest BCUT2D eigenvalue weighted by atomic mass is 10.4. The standard InChI is InChI=1S/C11H10ClNS/c1-13-8-2-3-11(13)14-10-6-4-9(12)5-7-10/h2-8H,1H3. The van der Waals surface area contributed by atoms with Crippen molar-refractivity contribution in [3.63, 3.8) is 0 Å². The van der Waals surface area contributed by atoms with Crippen LogP contribution in [0.1, 0.15) is 0 Å². The van der Waals surface area contributed by atoms with E-state index in [0.717, 1.165) is 5.02 Å². The highest BCUT2D eigenvalue weighted by Gasteiger charge is 1.99. The molecule has 1 aromatic carbocycles. The zero-order valence-electron chi connectivity index (χ0n) is 7.77. The van der Waals surface area contributed by atoms with Crippen molar-refractivity contribution in [1.82, 2.24) is 4.57 Å². The minimum Gasteiger partial charge on any atom is -0.346 e. The summed E-state index contributed by atoms with van der Waals surface area (Å²) in [6.07, 6.45) is 2.04. The van der Waals surface area contributed by atoms with Crippen molar-refractivity contribution in [3.05, 3.63) is 47.6 Å². The summed E-state index contributed by atoms with van der Waals surface area (Å²) in [5.41, 5.74) is 0. The van der Waals surface area contributed by atoms with E-state index in [-0.39, 0.29) is 0 Å². The average molecular weight is 224 g/mol. The Bertz CT molecular complexity index is 419. The molecule has 1 heterocycles. The van der Waals surface area contributed by atoms with Crippen LogP contribution in [0, 0.1) is 0 Å². The second-order valence-corrected chi connectivity index (χ2v) is 4.54. The van der Waals surface area contributed by atoms with E-state index < -0.39 is 0 Å². The first-order chi connectivity index (χ1) is 6.75. The molecule has 1 nitrogen and oxygen atoms in total. The molecule has 0 N–H and O–H groups in total. The minimum atomic E-state index is 0.779. The third kappa shape index (κ3) is 2.14. The minimum absolute atomic E-state index is 0.779. The Labute approximate surface area is 92.7 Å². The summed E-state index contributed by atoms with van der Waals surface area (Å²) in [5, 5.41) is 2.01. The first-order valence-corrected chi connectivity index (χ1v) is 5.50. The molecule has 0 spiro atoms. The Morgan fingerprint density at radius 2 is 1.86 bits per heavy atom. The molecule has 0 aliphatic carbocycles. The smallest absolute Gasteiger partial charge is 0.0793 e. The van der Waals surface area contributed by atoms with Crippen LogP contribution in [0.3, 0.4) is 0 Å². The third-order valence-electron chi connectivity index (χ3n) is 1.93. The van der Waals surface area contributed by atoms with E-state index >= 15 is 0 Å². The molecule has 3 heteroatoms. The highest BCUT2D eigenvalue weighted by atomic mass is 35.5. The Morgan fingerprint density at radius 1 is 1.14 bits per heavy atom. The van der Waals surface area contributed by atoms with Crippen LogP contribution in [0.2, 0.25) is 5.02 Å². The van der Waals surface area contributed by atoms with E-state index in [1.165, 1.54) is 9.92 Å². The Hall–Kier alpha value is -0.860. The quantitative estimate of drug-likeness (QED) is 0.749. The van der Waals surface area contributed by atoms with E-state index in [1.807, 2.05) is 43.6 Å². The molecule has 0 saturated carbocycles. The van der Waals surface area contributed by atoms with Crippen LogP contribution in [-0.2, 0) is 7.05 Å². The summed E-state index contributed by atoms with van der Waals surface area (Å²) in [5.74, 6) is 0. The van der Waals surface area contributed by atoms with E-state index in [9.17, 15) is 0 Å². The normalized spacial score (nSPS) is 10.4. The van der Waals surface area contributed by atoms with Crippen molar-refractivity contribution in [3.8, 4) is 0 Å². The summed E-state index contributed by atoms with van der Waals surface area (Å²) in [4.78, 5) is 1.20. The summed E-state index contributed by atoms with van der Waals surface area (Å²) in [6.45, 7) is 0. The molecule has 0 aliphatic heterocycles. The van der Waals surface area contributed by atoms with Gasteiger partial charge >= 0.3 is 0 Å². The van der Waals surface area contributed by atoms with Crippen LogP contribution in [0.4, 0.5) is 0 Å². The fraction of sp³-hybridized carbons (Fsp3) is 0.0909. The molecule has 0 bridgehead atoms. The maximum atomic E-state index is 5.81. The van der Waals surface area contributed by atoms with Crippen LogP contribution >= 0.6 is 23.4 Å². The summed E-state index contributed by atoms with van der Waals surface area (Å²) < 4.78 is 2.10. The molecule has 0 radical (unpaired) electrons. The number of hydrogen-bond donors (Lipinski definition) is 0.